The molecule has 5 nitrogen and oxygen atoms in total. The number of carbonyl (C=O) groups excluding carboxylic acids is 1. The monoisotopic (exact) mass is 210 g/mol. The summed E-state index contributed by atoms with van der Waals surface area (Å²) in [6.45, 7) is 5.53. The predicted molar refractivity (Wildman–Crippen MR) is 52.6 cm³/mol. The van der Waals surface area contributed by atoms with Gasteiger partial charge in [0, 0.05) is 12.6 Å². The van der Waals surface area contributed by atoms with Crippen LogP contribution in [0.25, 0.3) is 0 Å². The molecule has 2 heterocycles. The van der Waals surface area contributed by atoms with Crippen LogP contribution >= 0.6 is 0 Å². The van der Waals surface area contributed by atoms with Crippen molar-refractivity contribution in [1.82, 2.24) is 10.1 Å². The lowest BCUT2D eigenvalue weighted by molar-refractivity contribution is 0.00155. The van der Waals surface area contributed by atoms with Crippen LogP contribution in [-0.4, -0.2) is 41.8 Å². The molecule has 1 atom stereocenters. The molecule has 0 spiro atoms. The van der Waals surface area contributed by atoms with Crippen LogP contribution in [-0.2, 0) is 4.74 Å². The number of ether oxygens (including phenoxy) is 1. The zero-order valence-corrected chi connectivity index (χ0v) is 8.90. The number of morpholine rings is 1. The maximum atomic E-state index is 12.0. The Labute approximate surface area is 88.0 Å². The summed E-state index contributed by atoms with van der Waals surface area (Å²) in [4.78, 5) is 13.7. The third-order valence-electron chi connectivity index (χ3n) is 2.47. The molecular formula is C10H14N2O3. The van der Waals surface area contributed by atoms with Gasteiger partial charge in [0.25, 0.3) is 5.91 Å². The molecule has 1 amide bonds. The molecule has 0 radical (unpaired) electrons. The Morgan fingerprint density at radius 3 is 3.07 bits per heavy atom. The van der Waals surface area contributed by atoms with Gasteiger partial charge in [0.05, 0.1) is 24.9 Å². The first kappa shape index (κ1) is 10.2. The van der Waals surface area contributed by atoms with Crippen LogP contribution in [0.4, 0.5) is 0 Å². The van der Waals surface area contributed by atoms with E-state index in [-0.39, 0.29) is 11.9 Å². The molecule has 1 aromatic rings. The highest BCUT2D eigenvalue weighted by Crippen LogP contribution is 2.12. The topological polar surface area (TPSA) is 55.6 Å². The molecule has 0 bridgehead atoms. The lowest BCUT2D eigenvalue weighted by atomic mass is 10.2. The summed E-state index contributed by atoms with van der Waals surface area (Å²) >= 11 is 0. The van der Waals surface area contributed by atoms with Crippen LogP contribution < -0.4 is 0 Å². The summed E-state index contributed by atoms with van der Waals surface area (Å²) in [6.07, 6.45) is 0. The molecule has 0 saturated carbocycles. The molecule has 15 heavy (non-hydrogen) atoms. The van der Waals surface area contributed by atoms with E-state index < -0.39 is 0 Å². The van der Waals surface area contributed by atoms with Crippen molar-refractivity contribution in [3.8, 4) is 0 Å². The van der Waals surface area contributed by atoms with Crippen LogP contribution in [0.5, 0.6) is 0 Å². The van der Waals surface area contributed by atoms with Gasteiger partial charge < -0.3 is 14.2 Å². The lowest BCUT2D eigenvalue weighted by Gasteiger charge is -2.32. The van der Waals surface area contributed by atoms with Gasteiger partial charge in [0.15, 0.2) is 0 Å². The quantitative estimate of drug-likeness (QED) is 0.689. The van der Waals surface area contributed by atoms with Crippen LogP contribution in [0.2, 0.25) is 0 Å². The van der Waals surface area contributed by atoms with Crippen molar-refractivity contribution in [3.05, 3.63) is 17.5 Å². The molecule has 1 aliphatic rings. The van der Waals surface area contributed by atoms with Crippen molar-refractivity contribution in [3.63, 3.8) is 0 Å². The van der Waals surface area contributed by atoms with Crippen molar-refractivity contribution in [2.45, 2.75) is 19.9 Å². The van der Waals surface area contributed by atoms with Gasteiger partial charge in [0.1, 0.15) is 0 Å². The second kappa shape index (κ2) is 4.02. The summed E-state index contributed by atoms with van der Waals surface area (Å²) in [6, 6.07) is 1.75. The second-order valence-corrected chi connectivity index (χ2v) is 3.76. The van der Waals surface area contributed by atoms with E-state index in [0.29, 0.717) is 25.5 Å². The van der Waals surface area contributed by atoms with Gasteiger partial charge >= 0.3 is 0 Å². The Bertz CT molecular complexity index is 361. The summed E-state index contributed by atoms with van der Waals surface area (Å²) in [5.74, 6) is 0.202. The van der Waals surface area contributed by atoms with Crippen LogP contribution in [0.15, 0.2) is 10.6 Å². The summed E-state index contributed by atoms with van der Waals surface area (Å²) < 4.78 is 10.2. The van der Waals surface area contributed by atoms with Gasteiger partial charge in [0.2, 0.25) is 5.76 Å². The number of aryl methyl sites for hydroxylation is 1. The fraction of sp³-hybridized carbons (Fsp3) is 0.600. The zero-order valence-electron chi connectivity index (χ0n) is 8.90. The smallest absolute Gasteiger partial charge is 0.292 e. The largest absolute Gasteiger partial charge is 0.377 e. The fourth-order valence-corrected chi connectivity index (χ4v) is 1.63. The molecule has 0 aliphatic carbocycles. The number of amides is 1. The Balaban J connectivity index is 2.13. The van der Waals surface area contributed by atoms with E-state index in [4.69, 9.17) is 9.26 Å². The van der Waals surface area contributed by atoms with Gasteiger partial charge in [-0.2, -0.15) is 0 Å². The average Bonchev–Trinajstić information content (AvgIpc) is 2.65. The number of carbonyl (C=O) groups is 1. The standard InChI is InChI=1S/C10H14N2O3/c1-7-5-9(15-11-7)10(13)12-3-4-14-6-8(12)2/h5,8H,3-4,6H2,1-2H3/t8-/m1/s1. The minimum atomic E-state index is -0.105. The summed E-state index contributed by atoms with van der Waals surface area (Å²) in [5, 5.41) is 3.70. The molecule has 82 valence electrons. The van der Waals surface area contributed by atoms with Crippen molar-refractivity contribution < 1.29 is 14.1 Å². The van der Waals surface area contributed by atoms with Crippen LogP contribution in [0.1, 0.15) is 23.2 Å². The van der Waals surface area contributed by atoms with E-state index in [1.807, 2.05) is 6.92 Å². The third-order valence-corrected chi connectivity index (χ3v) is 2.47. The van der Waals surface area contributed by atoms with Crippen molar-refractivity contribution in [2.24, 2.45) is 0 Å². The van der Waals surface area contributed by atoms with Gasteiger partial charge in [-0.3, -0.25) is 4.79 Å². The van der Waals surface area contributed by atoms with E-state index in [1.54, 1.807) is 17.9 Å². The summed E-state index contributed by atoms with van der Waals surface area (Å²) in [5.41, 5.74) is 0.722. The molecule has 0 unspecified atom stereocenters. The van der Waals surface area contributed by atoms with Crippen LogP contribution in [0.3, 0.4) is 0 Å². The first-order valence-electron chi connectivity index (χ1n) is 5.00. The molecule has 0 aromatic carbocycles. The van der Waals surface area contributed by atoms with Crippen LogP contribution in [0, 0.1) is 6.92 Å². The molecule has 2 rings (SSSR count). The highest BCUT2D eigenvalue weighted by atomic mass is 16.5. The van der Waals surface area contributed by atoms with E-state index in [0.717, 1.165) is 5.69 Å². The molecule has 1 aliphatic heterocycles. The molecule has 0 N–H and O–H groups in total. The first-order chi connectivity index (χ1) is 7.18. The van der Waals surface area contributed by atoms with E-state index in [1.165, 1.54) is 0 Å². The predicted octanol–water partition coefficient (Wildman–Crippen LogP) is 0.844. The maximum Gasteiger partial charge on any atom is 0.292 e. The van der Waals surface area contributed by atoms with E-state index >= 15 is 0 Å². The van der Waals surface area contributed by atoms with Crippen molar-refractivity contribution in [2.75, 3.05) is 19.8 Å². The van der Waals surface area contributed by atoms with Gasteiger partial charge in [-0.1, -0.05) is 5.16 Å². The Morgan fingerprint density at radius 2 is 2.47 bits per heavy atom. The summed E-state index contributed by atoms with van der Waals surface area (Å²) in [7, 11) is 0. The number of rotatable bonds is 1. The zero-order chi connectivity index (χ0) is 10.8. The highest BCUT2D eigenvalue weighted by Gasteiger charge is 2.27. The Kier molecular flexibility index (Phi) is 2.73. The normalized spacial score (nSPS) is 21.7. The number of hydrogen-bond donors (Lipinski definition) is 0. The van der Waals surface area contributed by atoms with E-state index in [2.05, 4.69) is 5.16 Å². The molecular weight excluding hydrogens is 196 g/mol. The lowest BCUT2D eigenvalue weighted by Crippen LogP contribution is -2.47. The number of hydrogen-bond acceptors (Lipinski definition) is 4. The van der Waals surface area contributed by atoms with E-state index in [9.17, 15) is 4.79 Å². The maximum absolute atomic E-state index is 12.0. The number of aromatic nitrogens is 1. The molecule has 1 fully saturated rings. The average molecular weight is 210 g/mol. The minimum absolute atomic E-state index is 0.0941. The molecule has 1 saturated heterocycles. The highest BCUT2D eigenvalue weighted by molar-refractivity contribution is 5.91. The molecule has 1 aromatic heterocycles. The minimum Gasteiger partial charge on any atom is -0.377 e. The fourth-order valence-electron chi connectivity index (χ4n) is 1.63. The van der Waals surface area contributed by atoms with Crippen molar-refractivity contribution >= 4 is 5.91 Å². The van der Waals surface area contributed by atoms with Gasteiger partial charge in [-0.15, -0.1) is 0 Å². The first-order valence-corrected chi connectivity index (χ1v) is 5.00. The third kappa shape index (κ3) is 2.02. The number of nitrogens with zero attached hydrogens (tertiary/aromatic N) is 2. The van der Waals surface area contributed by atoms with Crippen molar-refractivity contribution in [1.29, 1.82) is 0 Å². The molecule has 5 heteroatoms. The van der Waals surface area contributed by atoms with Gasteiger partial charge in [-0.05, 0) is 13.8 Å². The SMILES string of the molecule is Cc1cc(C(=O)N2CCOC[C@H]2C)on1. The Hall–Kier alpha value is -1.36. The van der Waals surface area contributed by atoms with Gasteiger partial charge in [-0.25, -0.2) is 0 Å². The second-order valence-electron chi connectivity index (χ2n) is 3.76. The Morgan fingerprint density at radius 1 is 1.67 bits per heavy atom.